The number of hydrogen-bond acceptors (Lipinski definition) is 6. The molecular weight excluding hydrogens is 428 g/mol. The first-order valence-corrected chi connectivity index (χ1v) is 10.9. The zero-order valence-electron chi connectivity index (χ0n) is 20.2. The van der Waals surface area contributed by atoms with Gasteiger partial charge in [-0.1, -0.05) is 44.2 Å². The zero-order chi connectivity index (χ0) is 25.2. The molecule has 0 aromatic heterocycles. The number of nitrogens with one attached hydrogen (secondary N) is 3. The van der Waals surface area contributed by atoms with E-state index in [4.69, 9.17) is 4.74 Å². The van der Waals surface area contributed by atoms with Crippen molar-refractivity contribution < 1.29 is 29.1 Å². The average molecular weight is 465 g/mol. The maximum absolute atomic E-state index is 12.6. The van der Waals surface area contributed by atoms with Crippen molar-refractivity contribution in [1.82, 2.24) is 21.0 Å². The number of ether oxygens (including phenoxy) is 1. The quantitative estimate of drug-likeness (QED) is 0.309. The summed E-state index contributed by atoms with van der Waals surface area (Å²) < 4.78 is 5.17. The smallest absolute Gasteiger partial charge is 0.408 e. The van der Waals surface area contributed by atoms with E-state index in [0.29, 0.717) is 11.5 Å². The van der Waals surface area contributed by atoms with Crippen LogP contribution in [0.25, 0.3) is 0 Å². The zero-order valence-corrected chi connectivity index (χ0v) is 20.2. The summed E-state index contributed by atoms with van der Waals surface area (Å²) in [7, 11) is 0. The maximum Gasteiger partial charge on any atom is 0.408 e. The molecule has 0 fully saturated rings. The Morgan fingerprint density at radius 1 is 1.03 bits per heavy atom. The third-order valence-electron chi connectivity index (χ3n) is 4.54. The van der Waals surface area contributed by atoms with Crippen molar-refractivity contribution in [1.29, 1.82) is 0 Å². The van der Waals surface area contributed by atoms with Crippen LogP contribution >= 0.6 is 0 Å². The third-order valence-corrected chi connectivity index (χ3v) is 4.54. The van der Waals surface area contributed by atoms with Gasteiger partial charge in [-0.25, -0.2) is 9.86 Å². The monoisotopic (exact) mass is 464 g/mol. The summed E-state index contributed by atoms with van der Waals surface area (Å²) in [6, 6.07) is 7.24. The topological polar surface area (TPSA) is 137 Å². The molecule has 10 heteroatoms. The first kappa shape index (κ1) is 27.9. The summed E-state index contributed by atoms with van der Waals surface area (Å²) in [5, 5.41) is 17.9. The summed E-state index contributed by atoms with van der Waals surface area (Å²) in [5.41, 5.74) is -0.0134. The predicted molar refractivity (Wildman–Crippen MR) is 122 cm³/mol. The van der Waals surface area contributed by atoms with Crippen LogP contribution in [0.15, 0.2) is 30.3 Å². The van der Waals surface area contributed by atoms with Gasteiger partial charge in [0, 0.05) is 0 Å². The lowest BCUT2D eigenvalue weighted by Crippen LogP contribution is -2.54. The molecule has 0 bridgehead atoms. The van der Waals surface area contributed by atoms with E-state index >= 15 is 0 Å². The van der Waals surface area contributed by atoms with E-state index in [2.05, 4.69) is 16.0 Å². The molecule has 0 aliphatic rings. The summed E-state index contributed by atoms with van der Waals surface area (Å²) in [6.07, 6.45) is -0.401. The molecule has 0 unspecified atom stereocenters. The van der Waals surface area contributed by atoms with Crippen molar-refractivity contribution in [3.63, 3.8) is 0 Å². The Bertz CT molecular complexity index is 807. The van der Waals surface area contributed by atoms with Gasteiger partial charge in [-0.05, 0) is 45.6 Å². The van der Waals surface area contributed by atoms with E-state index in [-0.39, 0.29) is 12.5 Å². The SMILES string of the molecule is CC(C)C[C@@H](NC(=O)OCc1ccccc1)C(=O)NCC(=O)N[C@@H](C)C(=O)N(O)C(C)(C)C. The van der Waals surface area contributed by atoms with Gasteiger partial charge in [-0.15, -0.1) is 0 Å². The number of hydroxylamine groups is 2. The van der Waals surface area contributed by atoms with Gasteiger partial charge in [0.15, 0.2) is 0 Å². The van der Waals surface area contributed by atoms with Crippen LogP contribution in [0.5, 0.6) is 0 Å². The van der Waals surface area contributed by atoms with E-state index in [1.54, 1.807) is 20.8 Å². The Kier molecular flexibility index (Phi) is 10.8. The van der Waals surface area contributed by atoms with Crippen molar-refractivity contribution in [3.8, 4) is 0 Å². The molecule has 0 saturated heterocycles. The highest BCUT2D eigenvalue weighted by atomic mass is 16.5. The van der Waals surface area contributed by atoms with Crippen molar-refractivity contribution in [3.05, 3.63) is 35.9 Å². The van der Waals surface area contributed by atoms with E-state index < -0.39 is 48.0 Å². The average Bonchev–Trinajstić information content (AvgIpc) is 2.74. The number of benzene rings is 1. The first-order valence-electron chi connectivity index (χ1n) is 10.9. The minimum Gasteiger partial charge on any atom is -0.445 e. The van der Waals surface area contributed by atoms with Gasteiger partial charge in [0.05, 0.1) is 12.1 Å². The number of amides is 4. The molecule has 184 valence electrons. The molecule has 33 heavy (non-hydrogen) atoms. The van der Waals surface area contributed by atoms with Gasteiger partial charge in [-0.3, -0.25) is 19.6 Å². The maximum atomic E-state index is 12.6. The van der Waals surface area contributed by atoms with Crippen molar-refractivity contribution in [2.75, 3.05) is 6.54 Å². The highest BCUT2D eigenvalue weighted by Crippen LogP contribution is 2.11. The van der Waals surface area contributed by atoms with E-state index in [1.165, 1.54) is 6.92 Å². The summed E-state index contributed by atoms with van der Waals surface area (Å²) in [6.45, 7) is 9.83. The molecule has 0 radical (unpaired) electrons. The standard InChI is InChI=1S/C23H36N4O6/c1-15(2)12-18(26-22(31)33-14-17-10-8-7-9-11-17)20(29)24-13-19(28)25-16(3)21(30)27(32)23(4,5)6/h7-11,15-16,18,32H,12-14H2,1-6H3,(H,24,29)(H,25,28)(H,26,31)/t16-,18+/m0/s1. The molecule has 1 aromatic carbocycles. The fourth-order valence-corrected chi connectivity index (χ4v) is 2.77. The molecule has 4 N–H and O–H groups in total. The van der Waals surface area contributed by atoms with Gasteiger partial charge in [0.2, 0.25) is 11.8 Å². The predicted octanol–water partition coefficient (Wildman–Crippen LogP) is 1.96. The van der Waals surface area contributed by atoms with E-state index in [9.17, 15) is 24.4 Å². The highest BCUT2D eigenvalue weighted by Gasteiger charge is 2.30. The van der Waals surface area contributed by atoms with Crippen LogP contribution in [0.2, 0.25) is 0 Å². The lowest BCUT2D eigenvalue weighted by Gasteiger charge is -2.31. The second kappa shape index (κ2) is 12.8. The molecular formula is C23H36N4O6. The largest absolute Gasteiger partial charge is 0.445 e. The van der Waals surface area contributed by atoms with E-state index in [1.807, 2.05) is 44.2 Å². The minimum atomic E-state index is -0.990. The molecule has 4 amide bonds. The highest BCUT2D eigenvalue weighted by molar-refractivity contribution is 5.91. The van der Waals surface area contributed by atoms with E-state index in [0.717, 1.165) is 5.56 Å². The third kappa shape index (κ3) is 10.3. The number of carbonyl (C=O) groups is 4. The van der Waals surface area contributed by atoms with Crippen molar-refractivity contribution in [2.24, 2.45) is 5.92 Å². The van der Waals surface area contributed by atoms with Crippen LogP contribution in [0.3, 0.4) is 0 Å². The van der Waals surface area contributed by atoms with Crippen LogP contribution in [-0.4, -0.2) is 58.3 Å². The number of hydrogen-bond donors (Lipinski definition) is 4. The Morgan fingerprint density at radius 2 is 1.64 bits per heavy atom. The molecule has 2 atom stereocenters. The van der Waals surface area contributed by atoms with Gasteiger partial charge < -0.3 is 20.7 Å². The Balaban J connectivity index is 2.57. The fourth-order valence-electron chi connectivity index (χ4n) is 2.77. The second-order valence-corrected chi connectivity index (χ2v) is 9.22. The molecule has 10 nitrogen and oxygen atoms in total. The second-order valence-electron chi connectivity index (χ2n) is 9.22. The van der Waals surface area contributed by atoms with Crippen LogP contribution in [-0.2, 0) is 25.7 Å². The Hall–Kier alpha value is -3.14. The lowest BCUT2D eigenvalue weighted by atomic mass is 10.0. The molecule has 1 aromatic rings. The lowest BCUT2D eigenvalue weighted by molar-refractivity contribution is -0.189. The molecule has 0 aliphatic carbocycles. The number of nitrogens with zero attached hydrogens (tertiary/aromatic N) is 1. The number of carbonyl (C=O) groups excluding carboxylic acids is 4. The number of alkyl carbamates (subject to hydrolysis) is 1. The van der Waals surface area contributed by atoms with Crippen LogP contribution in [0, 0.1) is 5.92 Å². The summed E-state index contributed by atoms with van der Waals surface area (Å²) in [5.74, 6) is -1.74. The van der Waals surface area contributed by atoms with Crippen LogP contribution in [0.1, 0.15) is 53.5 Å². The van der Waals surface area contributed by atoms with Gasteiger partial charge >= 0.3 is 6.09 Å². The number of rotatable bonds is 10. The van der Waals surface area contributed by atoms with Crippen LogP contribution < -0.4 is 16.0 Å². The van der Waals surface area contributed by atoms with Crippen molar-refractivity contribution >= 4 is 23.8 Å². The molecule has 0 spiro atoms. The molecule has 0 heterocycles. The van der Waals surface area contributed by atoms with Gasteiger partial charge in [-0.2, -0.15) is 0 Å². The fraction of sp³-hybridized carbons (Fsp3) is 0.565. The minimum absolute atomic E-state index is 0.0630. The van der Waals surface area contributed by atoms with Gasteiger partial charge in [0.25, 0.3) is 5.91 Å². The normalized spacial score (nSPS) is 13.0. The first-order chi connectivity index (χ1) is 15.3. The Morgan fingerprint density at radius 3 is 2.18 bits per heavy atom. The molecule has 0 saturated carbocycles. The summed E-state index contributed by atoms with van der Waals surface area (Å²) >= 11 is 0. The van der Waals surface area contributed by atoms with Crippen molar-refractivity contribution in [2.45, 2.75) is 72.2 Å². The Labute approximate surface area is 195 Å². The summed E-state index contributed by atoms with van der Waals surface area (Å²) in [4.78, 5) is 49.1. The van der Waals surface area contributed by atoms with Gasteiger partial charge in [0.1, 0.15) is 18.7 Å². The molecule has 0 aliphatic heterocycles. The van der Waals surface area contributed by atoms with Crippen LogP contribution in [0.4, 0.5) is 4.79 Å². The molecule has 1 rings (SSSR count).